The number of hydrogen-bond acceptors (Lipinski definition) is 9. The van der Waals surface area contributed by atoms with E-state index in [9.17, 15) is 43.2 Å². The number of aliphatic carboxylic acids is 6. The van der Waals surface area contributed by atoms with Crippen molar-refractivity contribution >= 4 is 53.2 Å². The molecule has 0 aromatic heterocycles. The molecular formula is C15H18Ce2O15. The van der Waals surface area contributed by atoms with Crippen LogP contribution in [-0.4, -0.2) is 83.8 Å². The zero-order valence-corrected chi connectivity index (χ0v) is 22.4. The fourth-order valence-corrected chi connectivity index (χ4v) is 0.982. The molecule has 0 aliphatic carbocycles. The minimum absolute atomic E-state index is 0. The summed E-state index contributed by atoms with van der Waals surface area (Å²) in [6.07, 6.45) is -2.60. The Morgan fingerprint density at radius 2 is 0.500 bits per heavy atom. The number of rotatable bonds is 12. The van der Waals surface area contributed by atoms with Crippen molar-refractivity contribution in [2.24, 2.45) is 0 Å². The number of carboxylic acids is 6. The van der Waals surface area contributed by atoms with Crippen LogP contribution in [0.4, 0.5) is 0 Å². The van der Waals surface area contributed by atoms with Crippen molar-refractivity contribution in [3.8, 4) is 0 Å². The van der Waals surface area contributed by atoms with Crippen molar-refractivity contribution in [3.05, 3.63) is 0 Å². The SMILES string of the molecule is O=C(O)CCC(=O)C(=O)O.O=C(O)CCC(=O)C(=O)O.O=C(O)CCC(=O)C(=O)O.[Ce].[Ce]. The molecule has 0 rings (SSSR count). The fraction of sp³-hybridized carbons (Fsp3) is 0.400. The molecule has 0 saturated carbocycles. The van der Waals surface area contributed by atoms with Gasteiger partial charge in [-0.3, -0.25) is 28.8 Å². The van der Waals surface area contributed by atoms with Crippen LogP contribution in [0.2, 0.25) is 0 Å². The molecule has 0 heterocycles. The smallest absolute Gasteiger partial charge is 0.372 e. The standard InChI is InChI=1S/3C5H6O5.2Ce/c3*6-3(5(9)10)1-2-4(7)8;;/h3*1-2H2,(H,7,8)(H,9,10);;. The third kappa shape index (κ3) is 33.2. The summed E-state index contributed by atoms with van der Waals surface area (Å²) in [7, 11) is 0. The van der Waals surface area contributed by atoms with E-state index < -0.39 is 91.7 Å². The molecule has 0 aliphatic heterocycles. The summed E-state index contributed by atoms with van der Waals surface area (Å²) in [5.41, 5.74) is 0. The van der Waals surface area contributed by atoms with E-state index in [4.69, 9.17) is 30.6 Å². The molecule has 17 heteroatoms. The maximum Gasteiger partial charge on any atom is 0.372 e. The molecule has 0 aromatic rings. The van der Waals surface area contributed by atoms with E-state index in [1.807, 2.05) is 0 Å². The molecule has 0 aromatic carbocycles. The number of Topliss-reactive ketones (excluding diaryl/α,β-unsaturated/α-hetero) is 3. The third-order valence-corrected chi connectivity index (χ3v) is 2.41. The van der Waals surface area contributed by atoms with Crippen molar-refractivity contribution < 1.29 is 157 Å². The van der Waals surface area contributed by atoms with Gasteiger partial charge in [0.25, 0.3) is 0 Å². The van der Waals surface area contributed by atoms with Gasteiger partial charge in [-0.05, 0) is 0 Å². The molecular weight excluding hydrogens is 700 g/mol. The van der Waals surface area contributed by atoms with Gasteiger partial charge in [-0.2, -0.15) is 0 Å². The molecule has 176 valence electrons. The van der Waals surface area contributed by atoms with E-state index in [1.54, 1.807) is 0 Å². The van der Waals surface area contributed by atoms with E-state index in [-0.39, 0.29) is 83.5 Å². The number of carbonyl (C=O) groups is 9. The summed E-state index contributed by atoms with van der Waals surface area (Å²) in [6.45, 7) is 0. The minimum Gasteiger partial charge on any atom is -0.481 e. The van der Waals surface area contributed by atoms with Gasteiger partial charge in [0.15, 0.2) is 0 Å². The average molecular weight is 719 g/mol. The van der Waals surface area contributed by atoms with Gasteiger partial charge in [-0.15, -0.1) is 0 Å². The van der Waals surface area contributed by atoms with E-state index in [1.165, 1.54) is 0 Å². The summed E-state index contributed by atoms with van der Waals surface area (Å²) < 4.78 is 0. The average Bonchev–Trinajstić information content (AvgIpc) is 2.62. The minimum atomic E-state index is -1.58. The van der Waals surface area contributed by atoms with Gasteiger partial charge >= 0.3 is 35.8 Å². The van der Waals surface area contributed by atoms with Crippen LogP contribution in [0.25, 0.3) is 0 Å². The van der Waals surface area contributed by atoms with Crippen molar-refractivity contribution in [3.63, 3.8) is 0 Å². The number of carboxylic acid groups (broad SMARTS) is 6. The number of ketones is 3. The van der Waals surface area contributed by atoms with E-state index in [0.717, 1.165) is 0 Å². The number of hydrogen-bond donors (Lipinski definition) is 6. The Morgan fingerprint density at radius 1 is 0.344 bits per heavy atom. The second kappa shape index (κ2) is 24.2. The maximum atomic E-state index is 10.2. The van der Waals surface area contributed by atoms with Crippen LogP contribution in [0.1, 0.15) is 38.5 Å². The molecule has 0 unspecified atom stereocenters. The fourth-order valence-electron chi connectivity index (χ4n) is 0.982. The summed E-state index contributed by atoms with van der Waals surface area (Å²) in [5.74, 6) is -11.5. The first kappa shape index (κ1) is 40.9. The summed E-state index contributed by atoms with van der Waals surface area (Å²) >= 11 is 0. The second-order valence-corrected chi connectivity index (χ2v) is 4.87. The first-order valence-corrected chi connectivity index (χ1v) is 7.55. The molecule has 0 amide bonds. The molecule has 0 saturated heterocycles. The first-order valence-electron chi connectivity index (χ1n) is 7.55. The van der Waals surface area contributed by atoms with Crippen LogP contribution in [-0.2, 0) is 43.2 Å². The van der Waals surface area contributed by atoms with Gasteiger partial charge in [0.2, 0.25) is 17.3 Å². The first-order chi connectivity index (χ1) is 13.6. The predicted octanol–water partition coefficient (Wildman–Crippen LogP) is -1.49. The quantitative estimate of drug-likeness (QED) is 0.126. The molecule has 0 bridgehead atoms. The molecule has 15 nitrogen and oxygen atoms in total. The van der Waals surface area contributed by atoms with Gasteiger partial charge in [-0.25, -0.2) is 14.4 Å². The van der Waals surface area contributed by atoms with Crippen molar-refractivity contribution in [1.29, 1.82) is 0 Å². The molecule has 0 spiro atoms. The van der Waals surface area contributed by atoms with Gasteiger partial charge in [0.1, 0.15) is 0 Å². The summed E-state index contributed by atoms with van der Waals surface area (Å²) in [6, 6.07) is 0. The Bertz CT molecular complexity index is 619. The Labute approximate surface area is 246 Å². The van der Waals surface area contributed by atoms with Crippen molar-refractivity contribution in [2.45, 2.75) is 38.5 Å². The Kier molecular flexibility index (Phi) is 31.0. The van der Waals surface area contributed by atoms with Gasteiger partial charge in [0, 0.05) is 103 Å². The van der Waals surface area contributed by atoms with Crippen LogP contribution in [0.15, 0.2) is 0 Å². The molecule has 6 N–H and O–H groups in total. The third-order valence-electron chi connectivity index (χ3n) is 2.41. The van der Waals surface area contributed by atoms with Gasteiger partial charge in [-0.1, -0.05) is 0 Å². The molecule has 0 atom stereocenters. The zero-order valence-electron chi connectivity index (χ0n) is 16.1. The molecule has 0 radical (unpaired) electrons. The van der Waals surface area contributed by atoms with Gasteiger partial charge in [0.05, 0.1) is 19.3 Å². The van der Waals surface area contributed by atoms with E-state index >= 15 is 0 Å². The second-order valence-electron chi connectivity index (χ2n) is 4.87. The molecule has 0 aliphatic rings. The van der Waals surface area contributed by atoms with Crippen LogP contribution in [0, 0.1) is 83.5 Å². The van der Waals surface area contributed by atoms with Crippen LogP contribution >= 0.6 is 0 Å². The Balaban J connectivity index is -0.000000110. The molecule has 0 fully saturated rings. The Morgan fingerprint density at radius 3 is 0.594 bits per heavy atom. The predicted molar refractivity (Wildman–Crippen MR) is 88.5 cm³/mol. The Hall–Kier alpha value is -1.42. The zero-order chi connectivity index (χ0) is 24.4. The number of carbonyl (C=O) groups excluding carboxylic acids is 3. The summed E-state index contributed by atoms with van der Waals surface area (Å²) in [5, 5.41) is 47.9. The molecule has 32 heavy (non-hydrogen) atoms. The van der Waals surface area contributed by atoms with Gasteiger partial charge < -0.3 is 30.6 Å². The van der Waals surface area contributed by atoms with Crippen LogP contribution < -0.4 is 0 Å². The maximum absolute atomic E-state index is 10.2. The van der Waals surface area contributed by atoms with E-state index in [2.05, 4.69) is 0 Å². The van der Waals surface area contributed by atoms with Crippen LogP contribution in [0.5, 0.6) is 0 Å². The topological polar surface area (TPSA) is 275 Å². The van der Waals surface area contributed by atoms with E-state index in [0.29, 0.717) is 0 Å². The van der Waals surface area contributed by atoms with Crippen molar-refractivity contribution in [2.75, 3.05) is 0 Å². The normalized spacial score (nSPS) is 8.25. The monoisotopic (exact) mass is 718 g/mol. The van der Waals surface area contributed by atoms with Crippen LogP contribution in [0.3, 0.4) is 0 Å². The summed E-state index contributed by atoms with van der Waals surface area (Å²) in [4.78, 5) is 89.2. The van der Waals surface area contributed by atoms with Crippen molar-refractivity contribution in [1.82, 2.24) is 0 Å². The largest absolute Gasteiger partial charge is 0.481 e.